The third kappa shape index (κ3) is 3.81. The van der Waals surface area contributed by atoms with Gasteiger partial charge in [0.25, 0.3) is 5.91 Å². The Morgan fingerprint density at radius 1 is 1.21 bits per heavy atom. The van der Waals surface area contributed by atoms with E-state index < -0.39 is 6.10 Å². The minimum atomic E-state index is -0.494. The molecule has 4 nitrogen and oxygen atoms in total. The van der Waals surface area contributed by atoms with Gasteiger partial charge in [0, 0.05) is 12.1 Å². The third-order valence-corrected chi connectivity index (χ3v) is 2.67. The maximum atomic E-state index is 12.1. The summed E-state index contributed by atoms with van der Waals surface area (Å²) in [6.45, 7) is 1.92. The van der Waals surface area contributed by atoms with Gasteiger partial charge in [0.1, 0.15) is 5.75 Å². The molecule has 0 bridgehead atoms. The molecule has 2 rings (SSSR count). The highest BCUT2D eigenvalue weighted by atomic mass is 16.5. The Bertz CT molecular complexity index is 514. The predicted octanol–water partition coefficient (Wildman–Crippen LogP) is 2.30. The molecule has 1 amide bonds. The van der Waals surface area contributed by atoms with Crippen molar-refractivity contribution in [3.63, 3.8) is 0 Å². The van der Waals surface area contributed by atoms with E-state index in [9.17, 15) is 4.79 Å². The number of aromatic nitrogens is 1. The molecule has 4 heteroatoms. The minimum absolute atomic E-state index is 0.141. The molecule has 1 aromatic carbocycles. The highest BCUT2D eigenvalue weighted by Gasteiger charge is 2.18. The zero-order valence-corrected chi connectivity index (χ0v) is 10.8. The molecule has 2 aromatic rings. The van der Waals surface area contributed by atoms with Crippen molar-refractivity contribution in [2.75, 3.05) is 5.32 Å². The maximum Gasteiger partial charge on any atom is 0.265 e. The molecule has 1 atom stereocenters. The largest absolute Gasteiger partial charge is 0.481 e. The van der Waals surface area contributed by atoms with E-state index >= 15 is 0 Å². The predicted molar refractivity (Wildman–Crippen MR) is 72.8 cm³/mol. The Hall–Kier alpha value is -2.36. The SMILES string of the molecule is CCC(Oc1ccccc1)C(=O)Nc1cc[nH+]cc1. The molecular weight excluding hydrogens is 240 g/mol. The first kappa shape index (κ1) is 13.1. The van der Waals surface area contributed by atoms with Crippen molar-refractivity contribution in [3.8, 4) is 5.75 Å². The van der Waals surface area contributed by atoms with E-state index in [2.05, 4.69) is 10.3 Å². The highest BCUT2D eigenvalue weighted by Crippen LogP contribution is 2.14. The minimum Gasteiger partial charge on any atom is -0.481 e. The van der Waals surface area contributed by atoms with Gasteiger partial charge in [-0.05, 0) is 18.6 Å². The van der Waals surface area contributed by atoms with Crippen LogP contribution in [0, 0.1) is 0 Å². The van der Waals surface area contributed by atoms with Gasteiger partial charge in [0.2, 0.25) is 0 Å². The summed E-state index contributed by atoms with van der Waals surface area (Å²) in [5.41, 5.74) is 0.749. The lowest BCUT2D eigenvalue weighted by Gasteiger charge is -2.16. The summed E-state index contributed by atoms with van der Waals surface area (Å²) in [7, 11) is 0. The average molecular weight is 257 g/mol. The Labute approximate surface area is 112 Å². The Morgan fingerprint density at radius 2 is 1.89 bits per heavy atom. The van der Waals surface area contributed by atoms with E-state index in [1.165, 1.54) is 0 Å². The topological polar surface area (TPSA) is 52.5 Å². The molecule has 2 N–H and O–H groups in total. The molecule has 1 aromatic heterocycles. The Balaban J connectivity index is 2.00. The second kappa shape index (κ2) is 6.54. The number of aromatic amines is 1. The van der Waals surface area contributed by atoms with Gasteiger partial charge < -0.3 is 10.1 Å². The molecule has 0 saturated heterocycles. The molecule has 19 heavy (non-hydrogen) atoms. The van der Waals surface area contributed by atoms with Crippen LogP contribution in [0.25, 0.3) is 0 Å². The van der Waals surface area contributed by atoms with Crippen molar-refractivity contribution in [2.24, 2.45) is 0 Å². The molecule has 0 aliphatic heterocycles. The van der Waals surface area contributed by atoms with Crippen LogP contribution in [0.5, 0.6) is 5.75 Å². The van der Waals surface area contributed by atoms with Crippen molar-refractivity contribution in [1.82, 2.24) is 0 Å². The monoisotopic (exact) mass is 257 g/mol. The molecule has 1 heterocycles. The lowest BCUT2D eigenvalue weighted by Crippen LogP contribution is -2.32. The van der Waals surface area contributed by atoms with Gasteiger partial charge in [0.15, 0.2) is 18.5 Å². The summed E-state index contributed by atoms with van der Waals surface area (Å²) < 4.78 is 5.68. The van der Waals surface area contributed by atoms with E-state index in [0.29, 0.717) is 12.2 Å². The van der Waals surface area contributed by atoms with E-state index in [1.54, 1.807) is 24.5 Å². The van der Waals surface area contributed by atoms with E-state index in [1.807, 2.05) is 37.3 Å². The molecule has 0 spiro atoms. The van der Waals surface area contributed by atoms with Crippen molar-refractivity contribution in [3.05, 3.63) is 54.9 Å². The molecule has 98 valence electrons. The quantitative estimate of drug-likeness (QED) is 0.893. The normalized spacial score (nSPS) is 11.6. The number of rotatable bonds is 5. The van der Waals surface area contributed by atoms with Crippen LogP contribution in [-0.4, -0.2) is 12.0 Å². The maximum absolute atomic E-state index is 12.1. The number of pyridine rings is 1. The summed E-state index contributed by atoms with van der Waals surface area (Å²) >= 11 is 0. The van der Waals surface area contributed by atoms with Crippen LogP contribution in [0.2, 0.25) is 0 Å². The number of benzene rings is 1. The Kier molecular flexibility index (Phi) is 4.50. The van der Waals surface area contributed by atoms with Crippen LogP contribution in [0.15, 0.2) is 54.9 Å². The summed E-state index contributed by atoms with van der Waals surface area (Å²) in [5.74, 6) is 0.559. The number of ether oxygens (including phenoxy) is 1. The molecule has 0 saturated carbocycles. The number of hydrogen-bond acceptors (Lipinski definition) is 2. The number of amides is 1. The second-order valence-corrected chi connectivity index (χ2v) is 4.11. The van der Waals surface area contributed by atoms with Gasteiger partial charge >= 0.3 is 0 Å². The lowest BCUT2D eigenvalue weighted by atomic mass is 10.2. The van der Waals surface area contributed by atoms with Gasteiger partial charge in [-0.25, -0.2) is 4.98 Å². The van der Waals surface area contributed by atoms with E-state index in [4.69, 9.17) is 4.74 Å². The third-order valence-electron chi connectivity index (χ3n) is 2.67. The van der Waals surface area contributed by atoms with E-state index in [0.717, 1.165) is 5.69 Å². The number of para-hydroxylation sites is 1. The van der Waals surface area contributed by atoms with Gasteiger partial charge in [-0.2, -0.15) is 0 Å². The molecule has 1 unspecified atom stereocenters. The number of anilines is 1. The number of carbonyl (C=O) groups excluding carboxylic acids is 1. The van der Waals surface area contributed by atoms with Gasteiger partial charge in [-0.15, -0.1) is 0 Å². The van der Waals surface area contributed by atoms with Crippen LogP contribution in [-0.2, 0) is 4.79 Å². The number of H-pyrrole nitrogens is 1. The number of hydrogen-bond donors (Lipinski definition) is 1. The number of carbonyl (C=O) groups is 1. The first-order valence-electron chi connectivity index (χ1n) is 6.28. The average Bonchev–Trinajstić information content (AvgIpc) is 2.47. The number of nitrogens with one attached hydrogen (secondary N) is 2. The van der Waals surface area contributed by atoms with Crippen molar-refractivity contribution in [1.29, 1.82) is 0 Å². The van der Waals surface area contributed by atoms with Gasteiger partial charge in [-0.1, -0.05) is 25.1 Å². The van der Waals surface area contributed by atoms with Crippen LogP contribution >= 0.6 is 0 Å². The van der Waals surface area contributed by atoms with Crippen molar-refractivity contribution < 1.29 is 14.5 Å². The molecule has 0 radical (unpaired) electrons. The summed E-state index contributed by atoms with van der Waals surface area (Å²) in [6, 6.07) is 13.0. The van der Waals surface area contributed by atoms with Crippen molar-refractivity contribution >= 4 is 11.6 Å². The molecular formula is C15H17N2O2+. The summed E-state index contributed by atoms with van der Waals surface area (Å²) in [6.07, 6.45) is 3.63. The lowest BCUT2D eigenvalue weighted by molar-refractivity contribution is -0.377. The zero-order valence-electron chi connectivity index (χ0n) is 10.8. The molecule has 0 fully saturated rings. The fraction of sp³-hybridized carbons (Fsp3) is 0.200. The van der Waals surface area contributed by atoms with E-state index in [-0.39, 0.29) is 5.91 Å². The first-order valence-corrected chi connectivity index (χ1v) is 6.28. The first-order chi connectivity index (χ1) is 9.29. The second-order valence-electron chi connectivity index (χ2n) is 4.11. The standard InChI is InChI=1S/C15H16N2O2/c1-2-14(19-13-6-4-3-5-7-13)15(18)17-12-8-10-16-11-9-12/h3-11,14H,2H2,1H3,(H,16,17,18)/p+1. The summed E-state index contributed by atoms with van der Waals surface area (Å²) in [5, 5.41) is 2.83. The zero-order chi connectivity index (χ0) is 13.5. The van der Waals surface area contributed by atoms with Crippen LogP contribution in [0.4, 0.5) is 5.69 Å². The van der Waals surface area contributed by atoms with Crippen LogP contribution in [0.1, 0.15) is 13.3 Å². The van der Waals surface area contributed by atoms with Gasteiger partial charge in [-0.3, -0.25) is 4.79 Å². The van der Waals surface area contributed by atoms with Gasteiger partial charge in [0.05, 0.1) is 5.69 Å². The van der Waals surface area contributed by atoms with Crippen LogP contribution < -0.4 is 15.0 Å². The Morgan fingerprint density at radius 3 is 2.53 bits per heavy atom. The molecule has 0 aliphatic carbocycles. The highest BCUT2D eigenvalue weighted by molar-refractivity contribution is 5.94. The van der Waals surface area contributed by atoms with Crippen molar-refractivity contribution in [2.45, 2.75) is 19.4 Å². The molecule has 0 aliphatic rings. The summed E-state index contributed by atoms with van der Waals surface area (Å²) in [4.78, 5) is 15.0. The smallest absolute Gasteiger partial charge is 0.265 e. The van der Waals surface area contributed by atoms with Crippen LogP contribution in [0.3, 0.4) is 0 Å². The fourth-order valence-electron chi connectivity index (χ4n) is 1.68. The fourth-order valence-corrected chi connectivity index (χ4v) is 1.68.